The van der Waals surface area contributed by atoms with Crippen molar-refractivity contribution < 1.29 is 9.53 Å². The van der Waals surface area contributed by atoms with Gasteiger partial charge in [-0.25, -0.2) is 5.84 Å². The lowest BCUT2D eigenvalue weighted by molar-refractivity contribution is -0.122. The number of hydrazine groups is 1. The molecule has 2 atom stereocenters. The number of nitrogens with one attached hydrogen (secondary N) is 1. The zero-order valence-electron chi connectivity index (χ0n) is 13.4. The average molecular weight is 291 g/mol. The summed E-state index contributed by atoms with van der Waals surface area (Å²) in [6.07, 6.45) is 0.968. The van der Waals surface area contributed by atoms with Crippen LogP contribution in [0.2, 0.25) is 0 Å². The predicted molar refractivity (Wildman–Crippen MR) is 84.4 cm³/mol. The first-order chi connectivity index (χ1) is 9.83. The molecule has 0 bridgehead atoms. The van der Waals surface area contributed by atoms with Gasteiger partial charge in [-0.2, -0.15) is 0 Å². The van der Waals surface area contributed by atoms with Crippen LogP contribution in [0.25, 0.3) is 0 Å². The van der Waals surface area contributed by atoms with Gasteiger partial charge in [-0.15, -0.1) is 0 Å². The fourth-order valence-corrected chi connectivity index (χ4v) is 3.58. The molecule has 116 valence electrons. The molecule has 1 amide bonds. The third kappa shape index (κ3) is 2.58. The van der Waals surface area contributed by atoms with E-state index in [4.69, 9.17) is 10.6 Å². The Kier molecular flexibility index (Phi) is 4.14. The molecule has 0 saturated carbocycles. The molecule has 0 aromatic heterocycles. The van der Waals surface area contributed by atoms with E-state index in [-0.39, 0.29) is 17.5 Å². The Labute approximate surface area is 126 Å². The van der Waals surface area contributed by atoms with Gasteiger partial charge in [0.05, 0.1) is 12.8 Å². The van der Waals surface area contributed by atoms with Gasteiger partial charge >= 0.3 is 0 Å². The molecule has 0 aliphatic carbocycles. The zero-order valence-corrected chi connectivity index (χ0v) is 13.4. The summed E-state index contributed by atoms with van der Waals surface area (Å²) in [6, 6.07) is 5.68. The first-order valence-electron chi connectivity index (χ1n) is 7.30. The quantitative estimate of drug-likeness (QED) is 0.509. The molecule has 0 unspecified atom stereocenters. The molecule has 0 radical (unpaired) electrons. The highest BCUT2D eigenvalue weighted by Gasteiger charge is 2.42. The summed E-state index contributed by atoms with van der Waals surface area (Å²) < 4.78 is 5.54. The monoisotopic (exact) mass is 291 g/mol. The third-order valence-electron chi connectivity index (χ3n) is 4.39. The Hall–Kier alpha value is -1.75. The van der Waals surface area contributed by atoms with Crippen LogP contribution < -0.4 is 20.9 Å². The number of hydrogen-bond acceptors (Lipinski definition) is 4. The Morgan fingerprint density at radius 3 is 2.76 bits per heavy atom. The fourth-order valence-electron chi connectivity index (χ4n) is 3.58. The Morgan fingerprint density at radius 2 is 2.19 bits per heavy atom. The van der Waals surface area contributed by atoms with E-state index in [1.807, 2.05) is 19.1 Å². The number of ether oxygens (including phenoxy) is 1. The van der Waals surface area contributed by atoms with E-state index in [0.717, 1.165) is 17.9 Å². The van der Waals surface area contributed by atoms with Crippen molar-refractivity contribution in [3.05, 3.63) is 23.8 Å². The number of nitrogens with zero attached hydrogens (tertiary/aromatic N) is 1. The van der Waals surface area contributed by atoms with Crippen molar-refractivity contribution in [2.75, 3.05) is 12.0 Å². The van der Waals surface area contributed by atoms with Crippen molar-refractivity contribution in [2.45, 2.75) is 51.6 Å². The third-order valence-corrected chi connectivity index (χ3v) is 4.39. The van der Waals surface area contributed by atoms with Crippen LogP contribution in [0, 0.1) is 0 Å². The molecule has 0 fully saturated rings. The highest BCUT2D eigenvalue weighted by atomic mass is 16.5. The molecule has 5 heteroatoms. The summed E-state index contributed by atoms with van der Waals surface area (Å²) in [4.78, 5) is 14.2. The van der Waals surface area contributed by atoms with Crippen LogP contribution in [0.1, 0.15) is 45.6 Å². The number of carbonyl (C=O) groups is 1. The van der Waals surface area contributed by atoms with Gasteiger partial charge in [0, 0.05) is 5.54 Å². The zero-order chi connectivity index (χ0) is 15.8. The number of anilines is 1. The largest absolute Gasteiger partial charge is 0.495 e. The lowest BCUT2D eigenvalue weighted by Gasteiger charge is -2.50. The van der Waals surface area contributed by atoms with Crippen molar-refractivity contribution in [1.29, 1.82) is 0 Å². The number of rotatable bonds is 3. The molecule has 0 spiro atoms. The maximum Gasteiger partial charge on any atom is 0.256 e. The lowest BCUT2D eigenvalue weighted by Crippen LogP contribution is -2.58. The topological polar surface area (TPSA) is 67.6 Å². The first-order valence-corrected chi connectivity index (χ1v) is 7.30. The standard InChI is InChI=1S/C16H25N3O2/c1-10-9-16(3,4)19(11(2)15(20)18-17)14-12(10)7-6-8-13(14)21-5/h6-8,10-11H,9,17H2,1-5H3,(H,18,20)/t10-,11-/m0/s1. The first kappa shape index (κ1) is 15.6. The molecule has 1 aromatic rings. The molecule has 1 aromatic carbocycles. The fraction of sp³-hybridized carbons (Fsp3) is 0.562. The summed E-state index contributed by atoms with van der Waals surface area (Å²) in [5.41, 5.74) is 4.31. The van der Waals surface area contributed by atoms with Crippen molar-refractivity contribution in [3.63, 3.8) is 0 Å². The summed E-state index contributed by atoms with van der Waals surface area (Å²) in [6.45, 7) is 8.39. The summed E-state index contributed by atoms with van der Waals surface area (Å²) in [5.74, 6) is 6.34. The summed E-state index contributed by atoms with van der Waals surface area (Å²) >= 11 is 0. The van der Waals surface area contributed by atoms with E-state index >= 15 is 0 Å². The van der Waals surface area contributed by atoms with Crippen LogP contribution in [0.3, 0.4) is 0 Å². The van der Waals surface area contributed by atoms with E-state index in [0.29, 0.717) is 5.92 Å². The minimum absolute atomic E-state index is 0.160. The second kappa shape index (κ2) is 5.56. The van der Waals surface area contributed by atoms with Gasteiger partial charge in [0.1, 0.15) is 11.8 Å². The second-order valence-electron chi connectivity index (χ2n) is 6.37. The number of fused-ring (bicyclic) bond motifs is 1. The molecule has 1 aliphatic heterocycles. The van der Waals surface area contributed by atoms with Crippen LogP contribution in [0.4, 0.5) is 5.69 Å². The molecule has 3 N–H and O–H groups in total. The number of para-hydroxylation sites is 1. The van der Waals surface area contributed by atoms with Gasteiger partial charge in [0.25, 0.3) is 5.91 Å². The smallest absolute Gasteiger partial charge is 0.256 e. The molecular formula is C16H25N3O2. The Morgan fingerprint density at radius 1 is 1.52 bits per heavy atom. The van der Waals surface area contributed by atoms with Gasteiger partial charge in [0.15, 0.2) is 0 Å². The maximum atomic E-state index is 12.1. The minimum atomic E-state index is -0.368. The number of carbonyl (C=O) groups excluding carboxylic acids is 1. The molecule has 1 aliphatic rings. The van der Waals surface area contributed by atoms with Gasteiger partial charge in [0.2, 0.25) is 0 Å². The van der Waals surface area contributed by atoms with E-state index < -0.39 is 0 Å². The normalized spacial score (nSPS) is 21.4. The van der Waals surface area contributed by atoms with E-state index in [1.165, 1.54) is 5.56 Å². The molecule has 1 heterocycles. The van der Waals surface area contributed by atoms with Gasteiger partial charge in [-0.3, -0.25) is 10.2 Å². The van der Waals surface area contributed by atoms with Gasteiger partial charge in [-0.1, -0.05) is 19.1 Å². The number of nitrogens with two attached hydrogens (primary N) is 1. The molecular weight excluding hydrogens is 266 g/mol. The Bertz CT molecular complexity index is 542. The highest BCUT2D eigenvalue weighted by molar-refractivity contribution is 5.86. The number of hydrogen-bond donors (Lipinski definition) is 2. The van der Waals surface area contributed by atoms with E-state index in [9.17, 15) is 4.79 Å². The summed E-state index contributed by atoms with van der Waals surface area (Å²) in [7, 11) is 1.66. The maximum absolute atomic E-state index is 12.1. The van der Waals surface area contributed by atoms with E-state index in [1.54, 1.807) is 7.11 Å². The average Bonchev–Trinajstić information content (AvgIpc) is 2.44. The molecule has 0 saturated heterocycles. The SMILES string of the molecule is COc1cccc2c1N([C@@H](C)C(=O)NN)C(C)(C)C[C@@H]2C. The minimum Gasteiger partial charge on any atom is -0.495 e. The number of benzene rings is 1. The van der Waals surface area contributed by atoms with Crippen molar-refractivity contribution in [3.8, 4) is 5.75 Å². The van der Waals surface area contributed by atoms with Crippen molar-refractivity contribution >= 4 is 11.6 Å². The predicted octanol–water partition coefficient (Wildman–Crippen LogP) is 2.17. The number of amides is 1. The van der Waals surface area contributed by atoms with Crippen LogP contribution in [-0.2, 0) is 4.79 Å². The summed E-state index contributed by atoms with van der Waals surface area (Å²) in [5, 5.41) is 0. The second-order valence-corrected chi connectivity index (χ2v) is 6.37. The lowest BCUT2D eigenvalue weighted by atomic mass is 9.79. The Balaban J connectivity index is 2.63. The van der Waals surface area contributed by atoms with Gasteiger partial charge < -0.3 is 9.64 Å². The molecule has 5 nitrogen and oxygen atoms in total. The highest BCUT2D eigenvalue weighted by Crippen LogP contribution is 2.48. The van der Waals surface area contributed by atoms with Crippen LogP contribution in [-0.4, -0.2) is 24.6 Å². The number of methoxy groups -OCH3 is 1. The van der Waals surface area contributed by atoms with Crippen LogP contribution in [0.5, 0.6) is 5.75 Å². The van der Waals surface area contributed by atoms with E-state index in [2.05, 4.69) is 37.2 Å². The van der Waals surface area contributed by atoms with Crippen molar-refractivity contribution in [2.24, 2.45) is 5.84 Å². The van der Waals surface area contributed by atoms with Crippen molar-refractivity contribution in [1.82, 2.24) is 5.43 Å². The van der Waals surface area contributed by atoms with Crippen LogP contribution in [0.15, 0.2) is 18.2 Å². The van der Waals surface area contributed by atoms with Crippen LogP contribution >= 0.6 is 0 Å². The molecule has 2 rings (SSSR count). The van der Waals surface area contributed by atoms with Gasteiger partial charge in [-0.05, 0) is 44.7 Å². The molecule has 21 heavy (non-hydrogen) atoms.